The van der Waals surface area contributed by atoms with Gasteiger partial charge in [-0.25, -0.2) is 22.7 Å². The lowest BCUT2D eigenvalue weighted by molar-refractivity contribution is -0.660. The zero-order valence-corrected chi connectivity index (χ0v) is 72.4. The van der Waals surface area contributed by atoms with Gasteiger partial charge < -0.3 is 17.7 Å². The summed E-state index contributed by atoms with van der Waals surface area (Å²) in [5.41, 5.74) is 26.2. The summed E-state index contributed by atoms with van der Waals surface area (Å²) in [7, 11) is 8.20. The summed E-state index contributed by atoms with van der Waals surface area (Å²) in [5, 5.41) is 18.8. The fraction of sp³-hybridized carbons (Fsp3) is 0.179. The lowest BCUT2D eigenvalue weighted by Crippen LogP contribution is -2.31. The lowest BCUT2D eigenvalue weighted by atomic mass is 9.85. The van der Waals surface area contributed by atoms with E-state index in [9.17, 15) is 4.39 Å². The van der Waals surface area contributed by atoms with Gasteiger partial charge in [-0.15, -0.1) is 0 Å². The average Bonchev–Trinajstić information content (AvgIpc) is 1.58. The van der Waals surface area contributed by atoms with Crippen molar-refractivity contribution in [3.8, 4) is 67.3 Å². The van der Waals surface area contributed by atoms with Crippen LogP contribution in [0.1, 0.15) is 96.7 Å². The smallest absolute Gasteiger partial charge is 0.216 e. The summed E-state index contributed by atoms with van der Waals surface area (Å²) in [5.74, 6) is -0.0608. The Balaban J connectivity index is 0.000000105. The predicted octanol–water partition coefficient (Wildman–Crippen LogP) is 29.5. The van der Waals surface area contributed by atoms with Crippen LogP contribution in [0.5, 0.6) is 0 Å². The SMILES string of the molecule is Cc1ccc2c(oc3ccc4ccccc4c32)c1-c1cc(-c2ccc(F)cc2)cc[n+]1C.Cc1ccc2c(oc3ccc4ccccc4c32)c1-c1cc(-c2ccccc2)cc[n+]1C.[2H]C([2H])(c1cc[n+](C)c(-c2c(C)ccc3c2oc2ccc4ccccc4c23)c1)C1CCCC1.[2H]C([2H])(c1cc[n+](C)c(-c2c(C)ccc3c2oc2ccc4ccccc4c23)c1)C1CCCCC1. The molecule has 22 aromatic rings. The summed E-state index contributed by atoms with van der Waals surface area (Å²) >= 11 is 0. The van der Waals surface area contributed by atoms with Crippen molar-refractivity contribution >= 4 is 131 Å². The Morgan fingerprint density at radius 2 is 0.563 bits per heavy atom. The fourth-order valence-electron chi connectivity index (χ4n) is 20.0. The highest BCUT2D eigenvalue weighted by atomic mass is 19.1. The molecule has 0 bridgehead atoms. The fourth-order valence-corrected chi connectivity index (χ4v) is 20.0. The molecule has 0 spiro atoms. The minimum Gasteiger partial charge on any atom is -0.455 e. The molecule has 8 heterocycles. The third-order valence-corrected chi connectivity index (χ3v) is 26.6. The van der Waals surface area contributed by atoms with Crippen LogP contribution in [-0.4, -0.2) is 0 Å². The van der Waals surface area contributed by atoms with Gasteiger partial charge in [0.2, 0.25) is 22.8 Å². The molecule has 0 unspecified atom stereocenters. The summed E-state index contributed by atoms with van der Waals surface area (Å²) in [6.07, 6.45) is 15.1. The first kappa shape index (κ1) is 74.5. The average molecular weight is 1650 g/mol. The highest BCUT2D eigenvalue weighted by Crippen LogP contribution is 2.47. The minimum atomic E-state index is -1.34. The second-order valence-electron chi connectivity index (χ2n) is 34.7. The standard InChI is InChI=1S/C30H30NO.C29H21FNO.C29H28NO.C29H22NO/c1-20-12-14-25-29-24-11-7-6-10-23(24)13-15-27(29)32-30(25)28(20)26-19-22(16-17-31(26)2)18-21-8-4-3-5-9-21;1-18-7-13-24-28-23-6-4-3-5-20(23)10-14-26(28)32-29(24)27(18)25-17-21(15-16-31(25)2)19-8-11-22(30)12-9-19;1-19-11-13-24-28-23-10-6-5-9-22(23)12-14-26(28)31-29(24)27(19)25-18-21(15-16-30(25)2)17-20-7-3-4-8-20;1-19-12-14-24-28-23-11-7-6-10-21(23)13-15-26(28)31-29(24)27(19)25-18-22(16-17-30(25)2)20-8-4-3-5-9-20/h6-7,10-17,19,21H,3-5,8-9,18H2,1-2H3;3-17H,1-2H3;5-6,9-16,18,20H,3-4,7-8,17H2,1-2H3;3-18H,1-2H3/q4*+1/i18D2;;17D2;. The van der Waals surface area contributed by atoms with E-state index in [2.05, 4.69) is 314 Å². The zero-order chi connectivity index (χ0) is 89.0. The first-order chi connectivity index (χ1) is 63.2. The molecule has 14 aromatic carbocycles. The molecule has 2 aliphatic carbocycles. The molecule has 0 radical (unpaired) electrons. The molecule has 616 valence electrons. The number of aryl methyl sites for hydroxylation is 8. The maximum absolute atomic E-state index is 13.4. The van der Waals surface area contributed by atoms with Crippen LogP contribution in [0.3, 0.4) is 0 Å². The van der Waals surface area contributed by atoms with Crippen molar-refractivity contribution in [1.82, 2.24) is 0 Å². The van der Waals surface area contributed by atoms with Crippen molar-refractivity contribution < 1.29 is 45.8 Å². The molecule has 2 fully saturated rings. The molecule has 9 heteroatoms. The maximum Gasteiger partial charge on any atom is 0.216 e. The highest BCUT2D eigenvalue weighted by molar-refractivity contribution is 6.24. The topological polar surface area (TPSA) is 68.1 Å². The van der Waals surface area contributed by atoms with E-state index in [-0.39, 0.29) is 17.7 Å². The summed E-state index contributed by atoms with van der Waals surface area (Å²) in [6, 6.07) is 102. The van der Waals surface area contributed by atoms with E-state index in [1.165, 1.54) is 83.7 Å². The molecule has 0 amide bonds. The third-order valence-electron chi connectivity index (χ3n) is 26.6. The van der Waals surface area contributed by atoms with E-state index in [0.717, 1.165) is 218 Å². The van der Waals surface area contributed by atoms with Gasteiger partial charge in [-0.1, -0.05) is 270 Å². The van der Waals surface area contributed by atoms with E-state index in [1.807, 2.05) is 70.1 Å². The molecule has 126 heavy (non-hydrogen) atoms. The third kappa shape index (κ3) is 14.6. The van der Waals surface area contributed by atoms with E-state index < -0.39 is 12.7 Å². The lowest BCUT2D eigenvalue weighted by Gasteiger charge is -2.21. The number of benzene rings is 14. The highest BCUT2D eigenvalue weighted by Gasteiger charge is 2.29. The molecule has 8 nitrogen and oxygen atoms in total. The number of hydrogen-bond acceptors (Lipinski definition) is 4. The van der Waals surface area contributed by atoms with Crippen LogP contribution < -0.4 is 18.3 Å². The van der Waals surface area contributed by atoms with Crippen molar-refractivity contribution in [1.29, 1.82) is 0 Å². The number of halogens is 1. The van der Waals surface area contributed by atoms with E-state index >= 15 is 0 Å². The van der Waals surface area contributed by atoms with Gasteiger partial charge in [-0.05, 0) is 187 Å². The quantitative estimate of drug-likeness (QED) is 0.128. The molecular formula is C117H101FN4O4+4. The van der Waals surface area contributed by atoms with Gasteiger partial charge in [0, 0.05) is 97.1 Å². The van der Waals surface area contributed by atoms with Crippen LogP contribution in [0.25, 0.3) is 198 Å². The second kappa shape index (κ2) is 33.2. The predicted molar refractivity (Wildman–Crippen MR) is 517 cm³/mol. The van der Waals surface area contributed by atoms with Gasteiger partial charge in [0.15, 0.2) is 24.8 Å². The van der Waals surface area contributed by atoms with Crippen LogP contribution in [0, 0.1) is 45.3 Å². The van der Waals surface area contributed by atoms with E-state index in [0.29, 0.717) is 0 Å². The summed E-state index contributed by atoms with van der Waals surface area (Å²) in [6.45, 7) is 8.50. The normalized spacial score (nSPS) is 14.0. The van der Waals surface area contributed by atoms with Crippen molar-refractivity contribution in [2.75, 3.05) is 0 Å². The molecule has 2 aliphatic rings. The van der Waals surface area contributed by atoms with Gasteiger partial charge in [0.1, 0.15) is 78.7 Å². The van der Waals surface area contributed by atoms with Gasteiger partial charge in [0.25, 0.3) is 0 Å². The summed E-state index contributed by atoms with van der Waals surface area (Å²) in [4.78, 5) is 0. The molecule has 2 saturated carbocycles. The van der Waals surface area contributed by atoms with Crippen LogP contribution in [0.4, 0.5) is 4.39 Å². The largest absolute Gasteiger partial charge is 0.455 e. The van der Waals surface area contributed by atoms with Crippen molar-refractivity contribution in [2.45, 2.75) is 98.2 Å². The first-order valence-electron chi connectivity index (χ1n) is 46.4. The van der Waals surface area contributed by atoms with Crippen LogP contribution in [-0.2, 0) is 40.9 Å². The van der Waals surface area contributed by atoms with Crippen molar-refractivity contribution in [3.63, 3.8) is 0 Å². The number of furan rings is 4. The van der Waals surface area contributed by atoms with Crippen molar-refractivity contribution in [2.24, 2.45) is 40.0 Å². The molecule has 0 saturated heterocycles. The van der Waals surface area contributed by atoms with Gasteiger partial charge in [-0.3, -0.25) is 0 Å². The molecule has 8 aromatic heterocycles. The van der Waals surface area contributed by atoms with Gasteiger partial charge >= 0.3 is 0 Å². The Labute approximate surface area is 738 Å². The monoisotopic (exact) mass is 1650 g/mol. The molecular weight excluding hydrogens is 1540 g/mol. The minimum absolute atomic E-state index is 0.0799. The number of aromatic nitrogens is 4. The second-order valence-corrected chi connectivity index (χ2v) is 34.7. The maximum atomic E-state index is 13.4. The Kier molecular flexibility index (Phi) is 19.6. The van der Waals surface area contributed by atoms with Gasteiger partial charge in [-0.2, -0.15) is 0 Å². The zero-order valence-electron chi connectivity index (χ0n) is 76.4. The first-order valence-corrected chi connectivity index (χ1v) is 44.4. The number of nitrogens with zero attached hydrogens (tertiary/aromatic N) is 4. The Hall–Kier alpha value is -14.2. The molecule has 24 rings (SSSR count). The molecule has 0 N–H and O–H groups in total. The van der Waals surface area contributed by atoms with Gasteiger partial charge in [0.05, 0.1) is 22.3 Å². The Morgan fingerprint density at radius 3 is 0.897 bits per heavy atom. The molecule has 0 atom stereocenters. The van der Waals surface area contributed by atoms with Crippen molar-refractivity contribution in [3.05, 3.63) is 361 Å². The van der Waals surface area contributed by atoms with E-state index in [1.54, 1.807) is 0 Å². The number of rotatable bonds is 10. The molecule has 0 aliphatic heterocycles. The number of hydrogen-bond donors (Lipinski definition) is 0. The van der Waals surface area contributed by atoms with Crippen LogP contribution in [0.2, 0.25) is 0 Å². The Bertz CT molecular complexity index is 8240. The van der Waals surface area contributed by atoms with E-state index in [4.69, 9.17) is 23.2 Å². The number of pyridine rings is 4. The summed E-state index contributed by atoms with van der Waals surface area (Å²) < 4.78 is 83.8. The Morgan fingerprint density at radius 1 is 0.278 bits per heavy atom. The number of fused-ring (bicyclic) bond motifs is 20. The van der Waals surface area contributed by atoms with Crippen LogP contribution >= 0.6 is 0 Å². The van der Waals surface area contributed by atoms with Crippen LogP contribution in [0.15, 0.2) is 340 Å².